The first-order valence-corrected chi connectivity index (χ1v) is 12.5. The summed E-state index contributed by atoms with van der Waals surface area (Å²) in [4.78, 5) is 47.2. The predicted octanol–water partition coefficient (Wildman–Crippen LogP) is 1.69. The van der Waals surface area contributed by atoms with E-state index in [1.165, 1.54) is 23.7 Å². The molecule has 0 spiro atoms. The van der Waals surface area contributed by atoms with Gasteiger partial charge in [-0.3, -0.25) is 28.2 Å². The number of hydrogen-bond donors (Lipinski definition) is 1. The number of fused-ring (bicyclic) bond motifs is 1. The van der Waals surface area contributed by atoms with Gasteiger partial charge >= 0.3 is 5.69 Å². The van der Waals surface area contributed by atoms with Gasteiger partial charge in [0.15, 0.2) is 11.2 Å². The van der Waals surface area contributed by atoms with Crippen LogP contribution in [0.2, 0.25) is 0 Å². The van der Waals surface area contributed by atoms with Gasteiger partial charge in [-0.15, -0.1) is 0 Å². The Balaban J connectivity index is 1.38. The number of aromatic nitrogens is 4. The monoisotopic (exact) mass is 519 g/mol. The average molecular weight is 520 g/mol. The van der Waals surface area contributed by atoms with E-state index < -0.39 is 11.2 Å². The first-order chi connectivity index (χ1) is 18.2. The second-order valence-electron chi connectivity index (χ2n) is 9.68. The summed E-state index contributed by atoms with van der Waals surface area (Å²) in [5.41, 5.74) is 2.42. The topological polar surface area (TPSA) is 97.4 Å². The smallest absolute Gasteiger partial charge is 0.332 e. The molecule has 1 N–H and O–H groups in total. The van der Waals surface area contributed by atoms with E-state index in [4.69, 9.17) is 4.98 Å². The van der Waals surface area contributed by atoms with Gasteiger partial charge in [0.2, 0.25) is 11.9 Å². The molecule has 2 aromatic carbocycles. The highest BCUT2D eigenvalue weighted by Gasteiger charge is 2.26. The molecule has 1 aliphatic heterocycles. The van der Waals surface area contributed by atoms with E-state index in [-0.39, 0.29) is 18.3 Å². The van der Waals surface area contributed by atoms with E-state index in [1.807, 2.05) is 31.2 Å². The molecule has 0 aliphatic carbocycles. The summed E-state index contributed by atoms with van der Waals surface area (Å²) >= 11 is 0. The van der Waals surface area contributed by atoms with Crippen molar-refractivity contribution in [2.45, 2.75) is 13.5 Å². The number of imidazole rings is 1. The molecule has 198 valence electrons. The molecule has 38 heavy (non-hydrogen) atoms. The van der Waals surface area contributed by atoms with Crippen LogP contribution in [0, 0.1) is 12.7 Å². The Hall–Kier alpha value is -4.25. The molecule has 0 saturated carbocycles. The lowest BCUT2D eigenvalue weighted by Gasteiger charge is -2.35. The minimum Gasteiger partial charge on any atom is -0.340 e. The zero-order chi connectivity index (χ0) is 27.0. The zero-order valence-corrected chi connectivity index (χ0v) is 21.6. The summed E-state index contributed by atoms with van der Waals surface area (Å²) in [6.07, 6.45) is 0. The van der Waals surface area contributed by atoms with Crippen molar-refractivity contribution in [3.05, 3.63) is 86.3 Å². The minimum absolute atomic E-state index is 0.0793. The molecular weight excluding hydrogens is 489 g/mol. The molecule has 0 atom stereocenters. The third kappa shape index (κ3) is 4.97. The lowest BCUT2D eigenvalue weighted by molar-refractivity contribution is -0.117. The highest BCUT2D eigenvalue weighted by molar-refractivity contribution is 5.92. The van der Waals surface area contributed by atoms with Crippen LogP contribution >= 0.6 is 0 Å². The number of piperazine rings is 1. The average Bonchev–Trinajstić information content (AvgIpc) is 3.28. The Labute approximate surface area is 218 Å². The molecular formula is C27H30FN7O3. The van der Waals surface area contributed by atoms with E-state index in [0.717, 1.165) is 21.4 Å². The summed E-state index contributed by atoms with van der Waals surface area (Å²) < 4.78 is 17.7. The predicted molar refractivity (Wildman–Crippen MR) is 144 cm³/mol. The largest absolute Gasteiger partial charge is 0.340 e. The second kappa shape index (κ2) is 10.3. The molecule has 0 radical (unpaired) electrons. The Morgan fingerprint density at radius 2 is 1.61 bits per heavy atom. The fourth-order valence-corrected chi connectivity index (χ4v) is 4.75. The summed E-state index contributed by atoms with van der Waals surface area (Å²) in [6, 6.07) is 13.8. The maximum Gasteiger partial charge on any atom is 0.332 e. The van der Waals surface area contributed by atoms with Crippen molar-refractivity contribution in [3.8, 4) is 0 Å². The third-order valence-corrected chi connectivity index (χ3v) is 6.94. The number of rotatable bonds is 6. The van der Waals surface area contributed by atoms with Crippen molar-refractivity contribution >= 4 is 28.7 Å². The highest BCUT2D eigenvalue weighted by Crippen LogP contribution is 2.23. The van der Waals surface area contributed by atoms with Crippen LogP contribution in [-0.4, -0.2) is 62.2 Å². The van der Waals surface area contributed by atoms with E-state index >= 15 is 0 Å². The van der Waals surface area contributed by atoms with Crippen LogP contribution < -0.4 is 21.5 Å². The van der Waals surface area contributed by atoms with E-state index in [2.05, 4.69) is 15.1 Å². The Morgan fingerprint density at radius 1 is 0.947 bits per heavy atom. The first-order valence-electron chi connectivity index (χ1n) is 12.5. The highest BCUT2D eigenvalue weighted by atomic mass is 19.1. The molecule has 2 aromatic heterocycles. The van der Waals surface area contributed by atoms with Crippen LogP contribution in [0.4, 0.5) is 16.0 Å². The van der Waals surface area contributed by atoms with Crippen LogP contribution in [0.3, 0.4) is 0 Å². The van der Waals surface area contributed by atoms with Crippen LogP contribution in [0.15, 0.2) is 58.1 Å². The maximum atomic E-state index is 13.5. The van der Waals surface area contributed by atoms with Gasteiger partial charge in [0.1, 0.15) is 5.82 Å². The number of nitrogens with one attached hydrogen (secondary N) is 1. The zero-order valence-electron chi connectivity index (χ0n) is 21.6. The number of nitrogens with zero attached hydrogens (tertiary/aromatic N) is 6. The van der Waals surface area contributed by atoms with Crippen LogP contribution in [0.25, 0.3) is 11.2 Å². The fraction of sp³-hybridized carbons (Fsp3) is 0.333. The van der Waals surface area contributed by atoms with Crippen LogP contribution in [-0.2, 0) is 25.4 Å². The molecule has 1 amide bonds. The van der Waals surface area contributed by atoms with Gasteiger partial charge in [-0.1, -0.05) is 29.8 Å². The molecule has 10 nitrogen and oxygen atoms in total. The van der Waals surface area contributed by atoms with Crippen molar-refractivity contribution in [2.24, 2.45) is 14.1 Å². The van der Waals surface area contributed by atoms with Gasteiger partial charge in [0, 0.05) is 46.0 Å². The van der Waals surface area contributed by atoms with Gasteiger partial charge in [-0.2, -0.15) is 4.98 Å². The number of aryl methyl sites for hydroxylation is 2. The number of carbonyl (C=O) groups excluding carboxylic acids is 1. The second-order valence-corrected chi connectivity index (χ2v) is 9.68. The Bertz CT molecular complexity index is 1600. The van der Waals surface area contributed by atoms with Gasteiger partial charge in [-0.25, -0.2) is 9.18 Å². The molecule has 4 aromatic rings. The van der Waals surface area contributed by atoms with Crippen LogP contribution in [0.5, 0.6) is 0 Å². The lowest BCUT2D eigenvalue weighted by atomic mass is 10.2. The van der Waals surface area contributed by atoms with Crippen molar-refractivity contribution in [1.82, 2.24) is 23.6 Å². The van der Waals surface area contributed by atoms with Crippen molar-refractivity contribution in [2.75, 3.05) is 42.9 Å². The molecule has 5 rings (SSSR count). The number of halogens is 1. The molecule has 1 aliphatic rings. The maximum absolute atomic E-state index is 13.5. The van der Waals surface area contributed by atoms with Gasteiger partial charge in [-0.05, 0) is 36.8 Å². The number of anilines is 2. The molecule has 3 heterocycles. The van der Waals surface area contributed by atoms with Gasteiger partial charge in [0.05, 0.1) is 13.1 Å². The normalized spacial score (nSPS) is 14.3. The summed E-state index contributed by atoms with van der Waals surface area (Å²) in [6.45, 7) is 4.96. The van der Waals surface area contributed by atoms with Crippen molar-refractivity contribution < 1.29 is 9.18 Å². The molecule has 11 heteroatoms. The lowest BCUT2D eigenvalue weighted by Crippen LogP contribution is -2.49. The van der Waals surface area contributed by atoms with E-state index in [1.54, 1.807) is 23.7 Å². The standard InChI is InChI=1S/C27H30FN7O3/c1-18-4-10-21(11-5-18)29-22(36)17-33-12-14-34(15-13-33)26-30-24-23(25(37)32(3)27(38)31(24)2)35(26)16-19-6-8-20(28)9-7-19/h4-11H,12-17H2,1-3H3,(H,29,36). The Morgan fingerprint density at radius 3 is 2.26 bits per heavy atom. The minimum atomic E-state index is -0.454. The molecule has 0 unspecified atom stereocenters. The number of carbonyl (C=O) groups is 1. The van der Waals surface area contributed by atoms with Crippen molar-refractivity contribution in [3.63, 3.8) is 0 Å². The quantitative estimate of drug-likeness (QED) is 0.417. The fourth-order valence-electron chi connectivity index (χ4n) is 4.75. The van der Waals surface area contributed by atoms with Crippen LogP contribution in [0.1, 0.15) is 11.1 Å². The summed E-state index contributed by atoms with van der Waals surface area (Å²) in [5.74, 6) is 0.140. The molecule has 1 fully saturated rings. The van der Waals surface area contributed by atoms with Gasteiger partial charge < -0.3 is 10.2 Å². The van der Waals surface area contributed by atoms with E-state index in [9.17, 15) is 18.8 Å². The van der Waals surface area contributed by atoms with Crippen molar-refractivity contribution in [1.29, 1.82) is 0 Å². The SMILES string of the molecule is Cc1ccc(NC(=O)CN2CCN(c3nc4c(c(=O)n(C)c(=O)n4C)n3Cc3ccc(F)cc3)CC2)cc1. The Kier molecular flexibility index (Phi) is 6.85. The first kappa shape index (κ1) is 25.4. The molecule has 1 saturated heterocycles. The van der Waals surface area contributed by atoms with E-state index in [0.29, 0.717) is 49.8 Å². The number of benzene rings is 2. The third-order valence-electron chi connectivity index (χ3n) is 6.94. The number of hydrogen-bond acceptors (Lipinski definition) is 6. The number of amides is 1. The summed E-state index contributed by atoms with van der Waals surface area (Å²) in [5, 5.41) is 2.93. The van der Waals surface area contributed by atoms with Gasteiger partial charge in [0.25, 0.3) is 5.56 Å². The summed E-state index contributed by atoms with van der Waals surface area (Å²) in [7, 11) is 3.03. The molecule has 0 bridgehead atoms.